The highest BCUT2D eigenvalue weighted by Gasteiger charge is 2.43. The van der Waals surface area contributed by atoms with Crippen LogP contribution < -0.4 is 4.28 Å². The third kappa shape index (κ3) is 4.70. The van der Waals surface area contributed by atoms with Crippen molar-refractivity contribution in [3.63, 3.8) is 0 Å². The molecule has 0 saturated heterocycles. The molecule has 4 aromatic rings. The lowest BCUT2D eigenvalue weighted by Gasteiger charge is -2.25. The van der Waals surface area contributed by atoms with Crippen LogP contribution in [0.5, 0.6) is 0 Å². The van der Waals surface area contributed by atoms with E-state index in [9.17, 15) is 34.8 Å². The van der Waals surface area contributed by atoms with Gasteiger partial charge in [0.1, 0.15) is 22.1 Å². The standard InChI is InChI=1S/C7H6F3N3O2S.C7H4F3N3O2S/c8-7(9,10)16(14,15)13-6-4-2-1-3-5(6)11-12-13;8-7(9,10)16(14)15-13-6-4-2-1-3-5(6)11-12-13/h1-4,16H,(H,14,15);1-4H. The molecule has 0 fully saturated rings. The van der Waals surface area contributed by atoms with Gasteiger partial charge < -0.3 is 0 Å². The predicted molar refractivity (Wildman–Crippen MR) is 99.5 cm³/mol. The van der Waals surface area contributed by atoms with E-state index in [0.29, 0.717) is 10.4 Å². The summed E-state index contributed by atoms with van der Waals surface area (Å²) in [5.74, 6) is 0. The van der Waals surface area contributed by atoms with E-state index in [2.05, 4.69) is 24.9 Å². The topological polar surface area (TPSA) is 125 Å². The summed E-state index contributed by atoms with van der Waals surface area (Å²) in [6.07, 6.45) is 0. The number of nitrogens with zero attached hydrogens (tertiary/aromatic N) is 6. The molecular formula is C14H10F6N6O4S2. The van der Waals surface area contributed by atoms with Gasteiger partial charge in [0, 0.05) is 0 Å². The smallest absolute Gasteiger partial charge is 0.282 e. The molecule has 10 nitrogen and oxygen atoms in total. The summed E-state index contributed by atoms with van der Waals surface area (Å²) in [4.78, 5) is 0.485. The molecule has 0 aliphatic rings. The van der Waals surface area contributed by atoms with Gasteiger partial charge in [-0.1, -0.05) is 29.1 Å². The normalized spacial score (nSPS) is 14.1. The highest BCUT2D eigenvalue weighted by Crippen LogP contribution is 2.31. The van der Waals surface area contributed by atoms with E-state index in [1.54, 1.807) is 18.2 Å². The molecule has 4 rings (SSSR count). The minimum atomic E-state index is -5.58. The number of hydrogen-bond acceptors (Lipinski definition) is 7. The summed E-state index contributed by atoms with van der Waals surface area (Å²) in [7, 11) is -5.58. The van der Waals surface area contributed by atoms with Crippen LogP contribution >= 0.6 is 0 Å². The molecule has 2 aromatic carbocycles. The Kier molecular flexibility index (Phi) is 6.20. The molecule has 18 heteroatoms. The first-order valence-electron chi connectivity index (χ1n) is 8.01. The number of fused-ring (bicyclic) bond motifs is 2. The summed E-state index contributed by atoms with van der Waals surface area (Å²) in [5.41, 5.74) is -9.66. The summed E-state index contributed by atoms with van der Waals surface area (Å²) >= 11 is -3.46. The number of halogens is 6. The van der Waals surface area contributed by atoms with Crippen molar-refractivity contribution in [1.29, 1.82) is 0 Å². The second-order valence-electron chi connectivity index (χ2n) is 5.69. The maximum absolute atomic E-state index is 12.3. The lowest BCUT2D eigenvalue weighted by atomic mass is 10.3. The molecule has 174 valence electrons. The van der Waals surface area contributed by atoms with Gasteiger partial charge >= 0.3 is 22.1 Å². The summed E-state index contributed by atoms with van der Waals surface area (Å²) in [5, 5.41) is 13.3. The van der Waals surface area contributed by atoms with Crippen molar-refractivity contribution >= 4 is 43.5 Å². The Labute approximate surface area is 176 Å². The van der Waals surface area contributed by atoms with Crippen LogP contribution in [0, 0.1) is 0 Å². The first-order chi connectivity index (χ1) is 14.8. The van der Waals surface area contributed by atoms with Crippen LogP contribution in [-0.4, -0.2) is 53.5 Å². The third-order valence-electron chi connectivity index (χ3n) is 3.57. The van der Waals surface area contributed by atoms with E-state index in [0.717, 1.165) is 0 Å². The third-order valence-corrected chi connectivity index (χ3v) is 5.69. The van der Waals surface area contributed by atoms with Crippen molar-refractivity contribution in [1.82, 2.24) is 29.6 Å². The Morgan fingerprint density at radius 2 is 1.38 bits per heavy atom. The maximum Gasteiger partial charge on any atom is 0.510 e. The molecule has 2 heterocycles. The zero-order valence-electron chi connectivity index (χ0n) is 15.1. The Morgan fingerprint density at radius 3 is 1.94 bits per heavy atom. The molecule has 0 aliphatic heterocycles. The number of hydrogen-bond donors (Lipinski definition) is 2. The maximum atomic E-state index is 12.3. The van der Waals surface area contributed by atoms with Crippen molar-refractivity contribution in [2.75, 3.05) is 0 Å². The van der Waals surface area contributed by atoms with Gasteiger partial charge in [0.2, 0.25) is 0 Å². The van der Waals surface area contributed by atoms with E-state index in [1.165, 1.54) is 30.3 Å². The zero-order valence-corrected chi connectivity index (χ0v) is 16.8. The van der Waals surface area contributed by atoms with Crippen LogP contribution in [0.15, 0.2) is 48.5 Å². The van der Waals surface area contributed by atoms with Crippen molar-refractivity contribution in [3.05, 3.63) is 48.5 Å². The number of alkyl halides is 6. The van der Waals surface area contributed by atoms with E-state index in [-0.39, 0.29) is 20.6 Å². The predicted octanol–water partition coefficient (Wildman–Crippen LogP) is 2.25. The van der Waals surface area contributed by atoms with Gasteiger partial charge in [0.25, 0.3) is 0 Å². The van der Waals surface area contributed by atoms with Crippen molar-refractivity contribution < 1.29 is 43.6 Å². The quantitative estimate of drug-likeness (QED) is 0.322. The van der Waals surface area contributed by atoms with E-state index >= 15 is 0 Å². The Morgan fingerprint density at radius 1 is 0.875 bits per heavy atom. The molecule has 32 heavy (non-hydrogen) atoms. The molecule has 0 spiro atoms. The second-order valence-corrected chi connectivity index (χ2v) is 8.74. The highest BCUT2D eigenvalue weighted by molar-refractivity contribution is 7.97. The van der Waals surface area contributed by atoms with Gasteiger partial charge in [-0.2, -0.15) is 30.6 Å². The highest BCUT2D eigenvalue weighted by atomic mass is 32.3. The fraction of sp³-hybridized carbons (Fsp3) is 0.143. The van der Waals surface area contributed by atoms with Crippen molar-refractivity contribution in [2.45, 2.75) is 11.0 Å². The number of benzene rings is 2. The molecule has 0 amide bonds. The largest absolute Gasteiger partial charge is 0.510 e. The van der Waals surface area contributed by atoms with E-state index < -0.39 is 32.5 Å². The zero-order chi connectivity index (χ0) is 23.7. The average molecular weight is 504 g/mol. The first-order valence-corrected chi connectivity index (χ1v) is 10.7. The second kappa shape index (κ2) is 8.43. The lowest BCUT2D eigenvalue weighted by Crippen LogP contribution is -2.37. The Hall–Kier alpha value is -3.12. The van der Waals surface area contributed by atoms with E-state index in [1.807, 2.05) is 0 Å². The molecule has 2 aromatic heterocycles. The van der Waals surface area contributed by atoms with Gasteiger partial charge in [-0.3, -0.25) is 8.84 Å². The number of para-hydroxylation sites is 2. The van der Waals surface area contributed by atoms with E-state index in [4.69, 9.17) is 4.55 Å². The van der Waals surface area contributed by atoms with Crippen LogP contribution in [-0.2, 0) is 21.5 Å². The summed E-state index contributed by atoms with van der Waals surface area (Å²) in [6.45, 7) is 0. The molecule has 1 atom stereocenters. The summed E-state index contributed by atoms with van der Waals surface area (Å²) in [6, 6.07) is 11.8. The van der Waals surface area contributed by atoms with Crippen LogP contribution in [0.1, 0.15) is 0 Å². The van der Waals surface area contributed by atoms with Crippen LogP contribution in [0.2, 0.25) is 0 Å². The van der Waals surface area contributed by atoms with Gasteiger partial charge in [-0.05, 0) is 45.1 Å². The molecule has 0 aliphatic carbocycles. The lowest BCUT2D eigenvalue weighted by molar-refractivity contribution is -0.0507. The van der Waals surface area contributed by atoms with Crippen molar-refractivity contribution in [2.24, 2.45) is 0 Å². The number of rotatable bonds is 3. The van der Waals surface area contributed by atoms with Gasteiger partial charge in [-0.15, -0.1) is 14.3 Å². The van der Waals surface area contributed by atoms with Crippen LogP contribution in [0.25, 0.3) is 22.1 Å². The molecule has 0 bridgehead atoms. The van der Waals surface area contributed by atoms with Gasteiger partial charge in [0.05, 0.1) is 0 Å². The van der Waals surface area contributed by atoms with Gasteiger partial charge in [0.15, 0.2) is 0 Å². The summed E-state index contributed by atoms with van der Waals surface area (Å²) < 4.78 is 108. The van der Waals surface area contributed by atoms with Crippen LogP contribution in [0.3, 0.4) is 0 Å². The van der Waals surface area contributed by atoms with Crippen molar-refractivity contribution in [3.8, 4) is 0 Å². The number of aromatic nitrogens is 6. The molecule has 0 radical (unpaired) electrons. The van der Waals surface area contributed by atoms with Gasteiger partial charge in [-0.25, -0.2) is 4.21 Å². The molecular weight excluding hydrogens is 494 g/mol. The fourth-order valence-electron chi connectivity index (χ4n) is 2.17. The average Bonchev–Trinajstić information content (AvgIpc) is 3.32. The minimum absolute atomic E-state index is 0.0162. The Bertz CT molecular complexity index is 1320. The fourth-order valence-corrected chi connectivity index (χ4v) is 3.32. The van der Waals surface area contributed by atoms with Crippen LogP contribution in [0.4, 0.5) is 26.3 Å². The number of thiol groups is 1. The molecule has 1 N–H and O–H groups in total. The molecule has 1 unspecified atom stereocenters. The monoisotopic (exact) mass is 504 g/mol. The minimum Gasteiger partial charge on any atom is -0.282 e. The first kappa shape index (κ1) is 23.5. The Balaban J connectivity index is 0.000000181. The SMILES string of the molecule is O=S(On1nnc2ccccc21)C(F)(F)F.O=[SH](O)(n1nnc2ccccc21)C(F)(F)F. The molecule has 0 saturated carbocycles.